The van der Waals surface area contributed by atoms with E-state index < -0.39 is 5.79 Å². The Kier molecular flexibility index (Phi) is 4.91. The molecule has 0 aromatic rings. The van der Waals surface area contributed by atoms with Gasteiger partial charge in [-0.2, -0.15) is 0 Å². The molecule has 0 unspecified atom stereocenters. The quantitative estimate of drug-likeness (QED) is 0.436. The zero-order valence-corrected chi connectivity index (χ0v) is 10.0. The molecule has 0 saturated carbocycles. The summed E-state index contributed by atoms with van der Waals surface area (Å²) in [5.74, 6) is -0.256. The first kappa shape index (κ1) is 11.1. The van der Waals surface area contributed by atoms with E-state index in [1.165, 1.54) is 0 Å². The molecule has 0 aliphatic carbocycles. The topological polar surface area (TPSA) is 27.7 Å². The second-order valence-electron chi connectivity index (χ2n) is 2.81. The first-order valence-corrected chi connectivity index (χ1v) is 4.54. The highest BCUT2D eigenvalue weighted by atomic mass is 28.2. The first-order chi connectivity index (χ1) is 5.13. The van der Waals surface area contributed by atoms with Gasteiger partial charge in [-0.25, -0.2) is 0 Å². The second kappa shape index (κ2) is 4.87. The highest BCUT2D eigenvalue weighted by molar-refractivity contribution is 5.97. The minimum Gasteiger partial charge on any atom is -0.422 e. The molecule has 4 heteroatoms. The van der Waals surface area contributed by atoms with Crippen LogP contribution in [0.2, 0.25) is 0 Å². The lowest BCUT2D eigenvalue weighted by Crippen LogP contribution is -2.44. The van der Waals surface area contributed by atoms with E-state index in [1.54, 1.807) is 14.2 Å². The van der Waals surface area contributed by atoms with Crippen molar-refractivity contribution >= 4 is 10.5 Å². The van der Waals surface area contributed by atoms with Crippen LogP contribution >= 0.6 is 0 Å². The summed E-state index contributed by atoms with van der Waals surface area (Å²) < 4.78 is 15.7. The molecule has 0 fully saturated rings. The fourth-order valence-electron chi connectivity index (χ4n) is 1.04. The maximum atomic E-state index is 5.26. The average molecular weight is 178 g/mol. The van der Waals surface area contributed by atoms with Gasteiger partial charge in [-0.15, -0.1) is 0 Å². The summed E-state index contributed by atoms with van der Waals surface area (Å²) >= 11 is 0. The number of hydrogen-bond acceptors (Lipinski definition) is 3. The summed E-state index contributed by atoms with van der Waals surface area (Å²) in [4.78, 5) is 0. The van der Waals surface area contributed by atoms with Gasteiger partial charge in [0.15, 0.2) is 5.79 Å². The average Bonchev–Trinajstić information content (AvgIpc) is 2.00. The molecule has 0 amide bonds. The van der Waals surface area contributed by atoms with E-state index in [9.17, 15) is 0 Å². The lowest BCUT2D eigenvalue weighted by Gasteiger charge is -2.33. The Morgan fingerprint density at radius 3 is 1.82 bits per heavy atom. The number of methoxy groups -OCH3 is 2. The van der Waals surface area contributed by atoms with E-state index >= 15 is 0 Å². The van der Waals surface area contributed by atoms with Crippen LogP contribution in [0.4, 0.5) is 0 Å². The highest BCUT2D eigenvalue weighted by Crippen LogP contribution is 2.21. The molecule has 0 saturated heterocycles. The zero-order chi connectivity index (χ0) is 8.91. The highest BCUT2D eigenvalue weighted by Gasteiger charge is 2.33. The molecule has 3 nitrogen and oxygen atoms in total. The van der Waals surface area contributed by atoms with Crippen LogP contribution in [-0.4, -0.2) is 37.1 Å². The van der Waals surface area contributed by atoms with Crippen LogP contribution in [0, 0.1) is 5.92 Å². The van der Waals surface area contributed by atoms with Crippen molar-refractivity contribution in [3.05, 3.63) is 0 Å². The normalized spacial score (nSPS) is 12.8. The lowest BCUT2D eigenvalue weighted by molar-refractivity contribution is -0.247. The third-order valence-corrected chi connectivity index (χ3v) is 2.20. The maximum Gasteiger partial charge on any atom is 0.192 e. The minimum absolute atomic E-state index is 0.298. The molecule has 0 rings (SSSR count). The molecule has 0 aliphatic heterocycles. The molecule has 0 aliphatic rings. The number of rotatable bonds is 5. The van der Waals surface area contributed by atoms with Gasteiger partial charge in [0, 0.05) is 20.1 Å². The van der Waals surface area contributed by atoms with Crippen LogP contribution in [-0.2, 0) is 13.9 Å². The molecule has 0 atom stereocenters. The van der Waals surface area contributed by atoms with Crippen LogP contribution < -0.4 is 0 Å². The summed E-state index contributed by atoms with van der Waals surface area (Å²) in [6, 6.07) is 0. The summed E-state index contributed by atoms with van der Waals surface area (Å²) in [6.07, 6.45) is 0. The Morgan fingerprint density at radius 1 is 1.27 bits per heavy atom. The summed E-state index contributed by atoms with van der Waals surface area (Å²) in [6.45, 7) is 4.62. The van der Waals surface area contributed by atoms with Gasteiger partial charge in [-0.05, 0) is 0 Å². The molecule has 0 spiro atoms. The fraction of sp³-hybridized carbons (Fsp3) is 1.00. The second-order valence-corrected chi connectivity index (χ2v) is 3.39. The van der Waals surface area contributed by atoms with Gasteiger partial charge in [0.1, 0.15) is 10.5 Å². The standard InChI is InChI=1S/C7H18O3Si/c1-6(2)7(8-3,9-4)5-10-11/h6H,5H2,1-4,11H3. The third-order valence-electron chi connectivity index (χ3n) is 1.92. The van der Waals surface area contributed by atoms with Crippen molar-refractivity contribution in [3.8, 4) is 0 Å². The molecule has 0 radical (unpaired) electrons. The van der Waals surface area contributed by atoms with Crippen molar-refractivity contribution in [3.63, 3.8) is 0 Å². The number of hydrogen-bond donors (Lipinski definition) is 0. The molecule has 0 aromatic carbocycles. The van der Waals surface area contributed by atoms with Gasteiger partial charge in [0.2, 0.25) is 0 Å². The van der Waals surface area contributed by atoms with E-state index in [0.717, 1.165) is 0 Å². The largest absolute Gasteiger partial charge is 0.422 e. The Labute approximate surface area is 71.6 Å². The van der Waals surface area contributed by atoms with Crippen LogP contribution in [0.5, 0.6) is 0 Å². The van der Waals surface area contributed by atoms with Crippen molar-refractivity contribution in [2.75, 3.05) is 20.8 Å². The molecular formula is C7H18O3Si. The van der Waals surface area contributed by atoms with E-state index in [0.29, 0.717) is 23.0 Å². The van der Waals surface area contributed by atoms with E-state index in [4.69, 9.17) is 13.9 Å². The van der Waals surface area contributed by atoms with Gasteiger partial charge in [-0.1, -0.05) is 13.8 Å². The smallest absolute Gasteiger partial charge is 0.192 e. The van der Waals surface area contributed by atoms with Gasteiger partial charge < -0.3 is 13.9 Å². The van der Waals surface area contributed by atoms with E-state index in [-0.39, 0.29) is 0 Å². The maximum absolute atomic E-state index is 5.26. The summed E-state index contributed by atoms with van der Waals surface area (Å²) in [5.41, 5.74) is 0. The predicted octanol–water partition coefficient (Wildman–Crippen LogP) is -0.0715. The monoisotopic (exact) mass is 178 g/mol. The lowest BCUT2D eigenvalue weighted by atomic mass is 10.0. The van der Waals surface area contributed by atoms with Crippen molar-refractivity contribution in [1.82, 2.24) is 0 Å². The summed E-state index contributed by atoms with van der Waals surface area (Å²) in [5, 5.41) is 0. The van der Waals surface area contributed by atoms with Crippen LogP contribution in [0.3, 0.4) is 0 Å². The van der Waals surface area contributed by atoms with Crippen molar-refractivity contribution in [2.45, 2.75) is 19.6 Å². The van der Waals surface area contributed by atoms with E-state index in [2.05, 4.69) is 0 Å². The number of ether oxygens (including phenoxy) is 2. The Morgan fingerprint density at radius 2 is 1.73 bits per heavy atom. The molecule has 0 bridgehead atoms. The van der Waals surface area contributed by atoms with E-state index in [1.807, 2.05) is 13.8 Å². The SMILES string of the molecule is COC(CO[SiH3])(OC)C(C)C. The van der Waals surface area contributed by atoms with Gasteiger partial charge in [-0.3, -0.25) is 0 Å². The predicted molar refractivity (Wildman–Crippen MR) is 47.5 cm³/mol. The molecule has 11 heavy (non-hydrogen) atoms. The molecule has 0 N–H and O–H groups in total. The van der Waals surface area contributed by atoms with Gasteiger partial charge in [0.05, 0.1) is 6.61 Å². The Bertz CT molecular complexity index is 102. The van der Waals surface area contributed by atoms with Crippen LogP contribution in [0.15, 0.2) is 0 Å². The molecule has 68 valence electrons. The molecule has 0 heterocycles. The van der Waals surface area contributed by atoms with Crippen molar-refractivity contribution < 1.29 is 13.9 Å². The van der Waals surface area contributed by atoms with Crippen molar-refractivity contribution in [2.24, 2.45) is 5.92 Å². The van der Waals surface area contributed by atoms with Crippen LogP contribution in [0.25, 0.3) is 0 Å². The molecule has 0 aromatic heterocycles. The zero-order valence-electron chi connectivity index (χ0n) is 8.01. The Hall–Kier alpha value is 0.0969. The first-order valence-electron chi connectivity index (χ1n) is 3.72. The Balaban J connectivity index is 4.20. The minimum atomic E-state index is -0.554. The fourth-order valence-corrected chi connectivity index (χ4v) is 1.44. The summed E-state index contributed by atoms with van der Waals surface area (Å²) in [7, 11) is 4.00. The third kappa shape index (κ3) is 2.55. The molecular weight excluding hydrogens is 160 g/mol. The van der Waals surface area contributed by atoms with Crippen molar-refractivity contribution in [1.29, 1.82) is 0 Å². The van der Waals surface area contributed by atoms with Gasteiger partial charge in [0.25, 0.3) is 0 Å². The van der Waals surface area contributed by atoms with Gasteiger partial charge >= 0.3 is 0 Å². The van der Waals surface area contributed by atoms with Crippen LogP contribution in [0.1, 0.15) is 13.8 Å².